The van der Waals surface area contributed by atoms with E-state index in [1.807, 2.05) is 0 Å². The highest BCUT2D eigenvalue weighted by Gasteiger charge is 2.38. The molecule has 0 saturated heterocycles. The van der Waals surface area contributed by atoms with E-state index in [-0.39, 0.29) is 12.1 Å². The molecule has 0 nitrogen and oxygen atoms in total. The Kier molecular flexibility index (Phi) is 3.50. The summed E-state index contributed by atoms with van der Waals surface area (Å²) >= 11 is 0. The van der Waals surface area contributed by atoms with Crippen LogP contribution >= 0.6 is 0 Å². The maximum atomic E-state index is 14.1. The Bertz CT molecular complexity index is 601. The van der Waals surface area contributed by atoms with Gasteiger partial charge in [-0.25, -0.2) is 4.39 Å². The van der Waals surface area contributed by atoms with Crippen LogP contribution in [0.2, 0.25) is 0 Å². The van der Waals surface area contributed by atoms with Crippen molar-refractivity contribution in [1.82, 2.24) is 0 Å². The maximum Gasteiger partial charge on any atom is 0.416 e. The van der Waals surface area contributed by atoms with Crippen LogP contribution in [-0.4, -0.2) is 0 Å². The molecule has 0 spiro atoms. The zero-order valence-corrected chi connectivity index (χ0v) is 9.89. The van der Waals surface area contributed by atoms with E-state index >= 15 is 0 Å². The molecular weight excluding hydrogens is 282 g/mol. The Morgan fingerprint density at radius 3 is 1.75 bits per heavy atom. The molecule has 0 aliphatic heterocycles. The molecule has 0 radical (unpaired) electrons. The first kappa shape index (κ1) is 14.4. The SMILES string of the molecule is Fc1cc(C(F)(F)F)cc(C(F)(F)c2ccccc2)c1. The summed E-state index contributed by atoms with van der Waals surface area (Å²) in [5.74, 6) is -5.06. The van der Waals surface area contributed by atoms with E-state index in [0.717, 1.165) is 12.1 Å². The van der Waals surface area contributed by atoms with Crippen LogP contribution in [0.5, 0.6) is 0 Å². The number of alkyl halides is 5. The minimum atomic E-state index is -4.89. The third-order valence-corrected chi connectivity index (χ3v) is 2.72. The molecule has 0 atom stereocenters. The third kappa shape index (κ3) is 2.79. The molecule has 0 fully saturated rings. The molecule has 2 aromatic carbocycles. The molecule has 0 aliphatic rings. The van der Waals surface area contributed by atoms with Gasteiger partial charge in [0.15, 0.2) is 0 Å². The minimum Gasteiger partial charge on any atom is -0.207 e. The first-order chi connectivity index (χ1) is 9.21. The van der Waals surface area contributed by atoms with E-state index in [1.54, 1.807) is 0 Å². The van der Waals surface area contributed by atoms with Crippen LogP contribution in [0.3, 0.4) is 0 Å². The van der Waals surface area contributed by atoms with Crippen LogP contribution in [0.1, 0.15) is 16.7 Å². The molecule has 0 heterocycles. The third-order valence-electron chi connectivity index (χ3n) is 2.72. The molecule has 20 heavy (non-hydrogen) atoms. The average Bonchev–Trinajstić information content (AvgIpc) is 2.38. The Balaban J connectivity index is 2.55. The second-order valence-corrected chi connectivity index (χ2v) is 4.17. The highest BCUT2D eigenvalue weighted by atomic mass is 19.4. The second-order valence-electron chi connectivity index (χ2n) is 4.17. The van der Waals surface area contributed by atoms with Gasteiger partial charge in [-0.2, -0.15) is 22.0 Å². The van der Waals surface area contributed by atoms with Crippen LogP contribution in [0, 0.1) is 5.82 Å². The molecule has 0 aliphatic carbocycles. The molecule has 0 N–H and O–H groups in total. The lowest BCUT2D eigenvalue weighted by atomic mass is 9.98. The predicted octanol–water partition coefficient (Wildman–Crippen LogP) is 4.98. The second kappa shape index (κ2) is 4.85. The molecule has 0 unspecified atom stereocenters. The van der Waals surface area contributed by atoms with Crippen LogP contribution < -0.4 is 0 Å². The first-order valence-corrected chi connectivity index (χ1v) is 5.53. The van der Waals surface area contributed by atoms with Crippen molar-refractivity contribution in [3.8, 4) is 0 Å². The summed E-state index contributed by atoms with van der Waals surface area (Å²) < 4.78 is 79.0. The van der Waals surface area contributed by atoms with Gasteiger partial charge < -0.3 is 0 Å². The van der Waals surface area contributed by atoms with Crippen LogP contribution in [0.25, 0.3) is 0 Å². The Morgan fingerprint density at radius 1 is 0.650 bits per heavy atom. The van der Waals surface area contributed by atoms with Gasteiger partial charge in [-0.05, 0) is 18.2 Å². The van der Waals surface area contributed by atoms with Crippen molar-refractivity contribution in [2.24, 2.45) is 0 Å². The Labute approximate surface area is 110 Å². The largest absolute Gasteiger partial charge is 0.416 e. The van der Waals surface area contributed by atoms with Gasteiger partial charge in [0.1, 0.15) is 5.82 Å². The van der Waals surface area contributed by atoms with Crippen molar-refractivity contribution in [2.45, 2.75) is 12.1 Å². The summed E-state index contributed by atoms with van der Waals surface area (Å²) in [7, 11) is 0. The Morgan fingerprint density at radius 2 is 1.20 bits per heavy atom. The molecule has 0 aromatic heterocycles. The maximum absolute atomic E-state index is 14.1. The van der Waals surface area contributed by atoms with Crippen molar-refractivity contribution < 1.29 is 26.3 Å². The lowest BCUT2D eigenvalue weighted by molar-refractivity contribution is -0.138. The summed E-state index contributed by atoms with van der Waals surface area (Å²) in [4.78, 5) is 0. The summed E-state index contributed by atoms with van der Waals surface area (Å²) in [5.41, 5.74) is -2.97. The zero-order valence-electron chi connectivity index (χ0n) is 9.89. The van der Waals surface area contributed by atoms with E-state index in [9.17, 15) is 26.3 Å². The van der Waals surface area contributed by atoms with Gasteiger partial charge in [-0.15, -0.1) is 0 Å². The highest BCUT2D eigenvalue weighted by Crippen LogP contribution is 2.39. The van der Waals surface area contributed by atoms with Gasteiger partial charge in [0.05, 0.1) is 5.56 Å². The lowest BCUT2D eigenvalue weighted by Crippen LogP contribution is -2.17. The first-order valence-electron chi connectivity index (χ1n) is 5.53. The summed E-state index contributed by atoms with van der Waals surface area (Å²) in [5, 5.41) is 0. The fourth-order valence-electron chi connectivity index (χ4n) is 1.75. The smallest absolute Gasteiger partial charge is 0.207 e. The van der Waals surface area contributed by atoms with Crippen molar-refractivity contribution in [3.63, 3.8) is 0 Å². The van der Waals surface area contributed by atoms with Crippen molar-refractivity contribution >= 4 is 0 Å². The van der Waals surface area contributed by atoms with E-state index < -0.39 is 34.6 Å². The summed E-state index contributed by atoms with van der Waals surface area (Å²) in [6, 6.07) is 7.13. The van der Waals surface area contributed by atoms with Crippen LogP contribution in [0.4, 0.5) is 26.3 Å². The Hall–Kier alpha value is -1.98. The lowest BCUT2D eigenvalue weighted by Gasteiger charge is -2.19. The topological polar surface area (TPSA) is 0 Å². The van der Waals surface area contributed by atoms with Gasteiger partial charge in [-0.1, -0.05) is 30.3 Å². The molecule has 0 amide bonds. The van der Waals surface area contributed by atoms with Gasteiger partial charge >= 0.3 is 6.18 Å². The molecule has 0 bridgehead atoms. The van der Waals surface area contributed by atoms with E-state index in [0.29, 0.717) is 6.07 Å². The van der Waals surface area contributed by atoms with Crippen LogP contribution in [-0.2, 0) is 12.1 Å². The normalized spacial score (nSPS) is 12.5. The monoisotopic (exact) mass is 290 g/mol. The van der Waals surface area contributed by atoms with Crippen molar-refractivity contribution in [3.05, 3.63) is 71.0 Å². The molecule has 106 valence electrons. The van der Waals surface area contributed by atoms with Gasteiger partial charge in [0, 0.05) is 11.1 Å². The summed E-state index contributed by atoms with van der Waals surface area (Å²) in [6.45, 7) is 0. The molecule has 0 saturated carbocycles. The van der Waals surface area contributed by atoms with Crippen molar-refractivity contribution in [1.29, 1.82) is 0 Å². The van der Waals surface area contributed by atoms with E-state index in [2.05, 4.69) is 0 Å². The number of hydrogen-bond donors (Lipinski definition) is 0. The van der Waals surface area contributed by atoms with Gasteiger partial charge in [0.2, 0.25) is 0 Å². The highest BCUT2D eigenvalue weighted by molar-refractivity contribution is 5.37. The number of benzene rings is 2. The molecule has 2 rings (SSSR count). The van der Waals surface area contributed by atoms with E-state index in [4.69, 9.17) is 0 Å². The number of hydrogen-bond acceptors (Lipinski definition) is 0. The van der Waals surface area contributed by atoms with Crippen LogP contribution in [0.15, 0.2) is 48.5 Å². The average molecular weight is 290 g/mol. The standard InChI is InChI=1S/C14H8F6/c15-12-7-10(6-11(8-12)14(18,19)20)13(16,17)9-4-2-1-3-5-9/h1-8H. The number of rotatable bonds is 2. The zero-order chi connectivity index (χ0) is 15.0. The number of halogens is 6. The van der Waals surface area contributed by atoms with Crippen molar-refractivity contribution in [2.75, 3.05) is 0 Å². The molecule has 2 aromatic rings. The molecule has 6 heteroatoms. The predicted molar refractivity (Wildman–Crippen MR) is 60.8 cm³/mol. The van der Waals surface area contributed by atoms with Gasteiger partial charge in [-0.3, -0.25) is 0 Å². The fraction of sp³-hybridized carbons (Fsp3) is 0.143. The molecular formula is C14H8F6. The quantitative estimate of drug-likeness (QED) is 0.684. The van der Waals surface area contributed by atoms with E-state index in [1.165, 1.54) is 18.2 Å². The fourth-order valence-corrected chi connectivity index (χ4v) is 1.75. The summed E-state index contributed by atoms with van der Waals surface area (Å²) in [6.07, 6.45) is -4.89. The minimum absolute atomic E-state index is 0.185. The van der Waals surface area contributed by atoms with Gasteiger partial charge in [0.25, 0.3) is 5.92 Å².